The Labute approximate surface area is 151 Å². The van der Waals surface area contributed by atoms with Crippen LogP contribution in [0.2, 0.25) is 0 Å². The highest BCUT2D eigenvalue weighted by atomic mass is 32.2. The van der Waals surface area contributed by atoms with Crippen molar-refractivity contribution in [1.29, 1.82) is 0 Å². The first kappa shape index (κ1) is 16.4. The van der Waals surface area contributed by atoms with Crippen LogP contribution in [0.3, 0.4) is 0 Å². The van der Waals surface area contributed by atoms with Gasteiger partial charge in [-0.2, -0.15) is 0 Å². The van der Waals surface area contributed by atoms with Crippen LogP contribution in [0, 0.1) is 0 Å². The molecule has 0 radical (unpaired) electrons. The average molecular weight is 359 g/mol. The molecule has 1 aromatic rings. The Morgan fingerprint density at radius 3 is 2.52 bits per heavy atom. The van der Waals surface area contributed by atoms with Crippen LogP contribution in [0.25, 0.3) is 0 Å². The van der Waals surface area contributed by atoms with E-state index in [4.69, 9.17) is 0 Å². The van der Waals surface area contributed by atoms with Crippen LogP contribution in [0.5, 0.6) is 0 Å². The zero-order valence-corrected chi connectivity index (χ0v) is 15.0. The Morgan fingerprint density at radius 2 is 1.80 bits per heavy atom. The fourth-order valence-corrected chi connectivity index (χ4v) is 4.91. The second-order valence-electron chi connectivity index (χ2n) is 6.67. The van der Waals surface area contributed by atoms with E-state index in [-0.39, 0.29) is 30.3 Å². The topological polar surface area (TPSA) is 60.9 Å². The normalized spacial score (nSPS) is 25.9. The van der Waals surface area contributed by atoms with Gasteiger partial charge in [0, 0.05) is 24.4 Å². The van der Waals surface area contributed by atoms with E-state index in [2.05, 4.69) is 6.92 Å². The molecule has 0 spiro atoms. The Kier molecular flexibility index (Phi) is 4.19. The summed E-state index contributed by atoms with van der Waals surface area (Å²) in [5, 5.41) is 0. The molecule has 4 rings (SSSR count). The summed E-state index contributed by atoms with van der Waals surface area (Å²) < 4.78 is 0. The number of hydrogen-bond acceptors (Lipinski definition) is 4. The predicted molar refractivity (Wildman–Crippen MR) is 95.2 cm³/mol. The van der Waals surface area contributed by atoms with Crippen molar-refractivity contribution in [2.75, 3.05) is 31.3 Å². The van der Waals surface area contributed by atoms with Crippen LogP contribution >= 0.6 is 11.8 Å². The molecule has 3 fully saturated rings. The number of amides is 3. The highest BCUT2D eigenvalue weighted by Crippen LogP contribution is 2.30. The number of piperazine rings is 2. The SMILES string of the molecule is CCc1ccc(C(=O)N2CCN3C(=O)[C@@H]4CSCN4C(=O)[C@H]3C2)cc1. The molecule has 2 atom stereocenters. The highest BCUT2D eigenvalue weighted by Gasteiger charge is 2.50. The minimum Gasteiger partial charge on any atom is -0.334 e. The van der Waals surface area contributed by atoms with Gasteiger partial charge < -0.3 is 14.7 Å². The summed E-state index contributed by atoms with van der Waals surface area (Å²) in [6, 6.07) is 6.77. The molecule has 0 N–H and O–H groups in total. The lowest BCUT2D eigenvalue weighted by Gasteiger charge is -2.47. The number of fused-ring (bicyclic) bond motifs is 2. The monoisotopic (exact) mass is 359 g/mol. The quantitative estimate of drug-likeness (QED) is 0.784. The maximum atomic E-state index is 12.8. The summed E-state index contributed by atoms with van der Waals surface area (Å²) in [7, 11) is 0. The standard InChI is InChI=1S/C18H21N3O3S/c1-2-12-3-5-13(6-4-12)16(22)19-7-8-20-14(9-19)17(23)21-11-25-10-15(21)18(20)24/h3-6,14-15H,2,7-11H2,1H3/t14-,15+/m1/s1. The molecule has 3 amide bonds. The first-order valence-corrected chi connectivity index (χ1v) is 9.82. The summed E-state index contributed by atoms with van der Waals surface area (Å²) >= 11 is 1.62. The fraction of sp³-hybridized carbons (Fsp3) is 0.500. The summed E-state index contributed by atoms with van der Waals surface area (Å²) in [4.78, 5) is 43.2. The van der Waals surface area contributed by atoms with E-state index in [1.807, 2.05) is 24.3 Å². The summed E-state index contributed by atoms with van der Waals surface area (Å²) in [6.07, 6.45) is 0.931. The van der Waals surface area contributed by atoms with Gasteiger partial charge in [0.05, 0.1) is 12.4 Å². The maximum absolute atomic E-state index is 12.8. The minimum atomic E-state index is -0.532. The van der Waals surface area contributed by atoms with Gasteiger partial charge in [-0.05, 0) is 24.1 Å². The molecule has 132 valence electrons. The van der Waals surface area contributed by atoms with Crippen LogP contribution in [0.4, 0.5) is 0 Å². The van der Waals surface area contributed by atoms with E-state index in [1.54, 1.807) is 26.5 Å². The Hall–Kier alpha value is -2.02. The van der Waals surface area contributed by atoms with Crippen LogP contribution < -0.4 is 0 Å². The van der Waals surface area contributed by atoms with Gasteiger partial charge in [-0.15, -0.1) is 11.8 Å². The summed E-state index contributed by atoms with van der Waals surface area (Å²) in [5.41, 5.74) is 1.82. The van der Waals surface area contributed by atoms with Gasteiger partial charge in [-0.3, -0.25) is 14.4 Å². The van der Waals surface area contributed by atoms with E-state index < -0.39 is 6.04 Å². The lowest BCUT2D eigenvalue weighted by Crippen LogP contribution is -2.69. The molecule has 0 saturated carbocycles. The van der Waals surface area contributed by atoms with Crippen LogP contribution in [0.1, 0.15) is 22.8 Å². The molecule has 6 nitrogen and oxygen atoms in total. The molecule has 0 aromatic heterocycles. The second-order valence-corrected chi connectivity index (χ2v) is 7.67. The van der Waals surface area contributed by atoms with E-state index in [0.29, 0.717) is 30.3 Å². The first-order valence-electron chi connectivity index (χ1n) is 8.67. The zero-order valence-electron chi connectivity index (χ0n) is 14.2. The van der Waals surface area contributed by atoms with Gasteiger partial charge in [-0.1, -0.05) is 19.1 Å². The molecule has 25 heavy (non-hydrogen) atoms. The van der Waals surface area contributed by atoms with E-state index in [0.717, 1.165) is 6.42 Å². The molecule has 3 aliphatic rings. The molecule has 3 heterocycles. The third kappa shape index (κ3) is 2.70. The number of benzene rings is 1. The Bertz CT molecular complexity index is 721. The molecule has 3 aliphatic heterocycles. The fourth-order valence-electron chi connectivity index (χ4n) is 3.76. The summed E-state index contributed by atoms with van der Waals surface area (Å²) in [6.45, 7) is 3.27. The predicted octanol–water partition coefficient (Wildman–Crippen LogP) is 0.817. The Balaban J connectivity index is 1.52. The van der Waals surface area contributed by atoms with Gasteiger partial charge >= 0.3 is 0 Å². The van der Waals surface area contributed by atoms with Crippen molar-refractivity contribution >= 4 is 29.5 Å². The molecule has 0 aliphatic carbocycles. The number of thioether (sulfide) groups is 1. The molecule has 3 saturated heterocycles. The van der Waals surface area contributed by atoms with Crippen molar-refractivity contribution in [3.63, 3.8) is 0 Å². The third-order valence-corrected chi connectivity index (χ3v) is 6.31. The van der Waals surface area contributed by atoms with E-state index in [1.165, 1.54) is 5.56 Å². The first-order chi connectivity index (χ1) is 12.1. The Morgan fingerprint density at radius 1 is 1.08 bits per heavy atom. The molecular formula is C18H21N3O3S. The average Bonchev–Trinajstić information content (AvgIpc) is 3.15. The van der Waals surface area contributed by atoms with Crippen molar-refractivity contribution in [2.45, 2.75) is 25.4 Å². The van der Waals surface area contributed by atoms with Crippen LogP contribution in [0.15, 0.2) is 24.3 Å². The zero-order chi connectivity index (χ0) is 17.6. The maximum Gasteiger partial charge on any atom is 0.253 e. The molecule has 1 aromatic carbocycles. The van der Waals surface area contributed by atoms with Crippen molar-refractivity contribution in [3.8, 4) is 0 Å². The second kappa shape index (κ2) is 6.37. The number of aryl methyl sites for hydroxylation is 1. The van der Waals surface area contributed by atoms with Gasteiger partial charge in [0.2, 0.25) is 11.8 Å². The van der Waals surface area contributed by atoms with Gasteiger partial charge in [0.1, 0.15) is 12.1 Å². The summed E-state index contributed by atoms with van der Waals surface area (Å²) in [5.74, 6) is 1.20. The van der Waals surface area contributed by atoms with Crippen molar-refractivity contribution < 1.29 is 14.4 Å². The smallest absolute Gasteiger partial charge is 0.253 e. The minimum absolute atomic E-state index is 0.0200. The van der Waals surface area contributed by atoms with Gasteiger partial charge in [-0.25, -0.2) is 0 Å². The number of rotatable bonds is 2. The van der Waals surface area contributed by atoms with Crippen LogP contribution in [-0.2, 0) is 16.0 Å². The van der Waals surface area contributed by atoms with E-state index in [9.17, 15) is 14.4 Å². The number of nitrogens with zero attached hydrogens (tertiary/aromatic N) is 3. The number of hydrogen-bond donors (Lipinski definition) is 0. The molecule has 0 unspecified atom stereocenters. The number of carbonyl (C=O) groups is 3. The van der Waals surface area contributed by atoms with Gasteiger partial charge in [0.15, 0.2) is 0 Å². The lowest BCUT2D eigenvalue weighted by molar-refractivity contribution is -0.161. The van der Waals surface area contributed by atoms with E-state index >= 15 is 0 Å². The molecular weight excluding hydrogens is 338 g/mol. The van der Waals surface area contributed by atoms with Crippen LogP contribution in [-0.4, -0.2) is 75.8 Å². The van der Waals surface area contributed by atoms with Gasteiger partial charge in [0.25, 0.3) is 5.91 Å². The third-order valence-electron chi connectivity index (χ3n) is 5.30. The lowest BCUT2D eigenvalue weighted by atomic mass is 10.0. The largest absolute Gasteiger partial charge is 0.334 e. The van der Waals surface area contributed by atoms with Crippen molar-refractivity contribution in [3.05, 3.63) is 35.4 Å². The highest BCUT2D eigenvalue weighted by molar-refractivity contribution is 7.99. The molecule has 0 bridgehead atoms. The molecule has 7 heteroatoms. The number of carbonyl (C=O) groups excluding carboxylic acids is 3. The van der Waals surface area contributed by atoms with Crippen molar-refractivity contribution in [2.24, 2.45) is 0 Å². The van der Waals surface area contributed by atoms with Crippen molar-refractivity contribution in [1.82, 2.24) is 14.7 Å².